The van der Waals surface area contributed by atoms with Gasteiger partial charge >= 0.3 is 6.16 Å². The molecule has 10 heavy (non-hydrogen) atoms. The molecule has 1 aromatic rings. The van der Waals surface area contributed by atoms with Gasteiger partial charge in [-0.3, -0.25) is 0 Å². The van der Waals surface area contributed by atoms with Gasteiger partial charge in [0.2, 0.25) is 5.06 Å². The van der Waals surface area contributed by atoms with Gasteiger partial charge in [0, 0.05) is 0 Å². The maximum absolute atomic E-state index is 9.93. The van der Waals surface area contributed by atoms with E-state index in [4.69, 9.17) is 5.11 Å². The van der Waals surface area contributed by atoms with Gasteiger partial charge in [-0.15, -0.1) is 0 Å². The summed E-state index contributed by atoms with van der Waals surface area (Å²) in [5.74, 6) is 0. The molecule has 0 atom stereocenters. The fourth-order valence-electron chi connectivity index (χ4n) is 0.475. The Morgan fingerprint density at radius 2 is 2.60 bits per heavy atom. The highest BCUT2D eigenvalue weighted by Crippen LogP contribution is 2.19. The first-order valence-corrected chi connectivity index (χ1v) is 3.33. The van der Waals surface area contributed by atoms with Gasteiger partial charge in [-0.25, -0.2) is 9.78 Å². The summed E-state index contributed by atoms with van der Waals surface area (Å²) in [6.07, 6.45) is 0.0809. The Labute approximate surface area is 61.1 Å². The van der Waals surface area contributed by atoms with Gasteiger partial charge in [0.25, 0.3) is 0 Å². The largest absolute Gasteiger partial charge is 0.512 e. The molecule has 0 saturated heterocycles. The first-order valence-electron chi connectivity index (χ1n) is 2.51. The van der Waals surface area contributed by atoms with E-state index in [9.17, 15) is 4.79 Å². The standard InChI is InChI=1S/C5H5NO3S/c1-3-6-2-4(10-3)9-5(7)8/h2H,1H3,(H,7,8). The van der Waals surface area contributed by atoms with Gasteiger partial charge in [0.05, 0.1) is 11.2 Å². The molecule has 1 aromatic heterocycles. The van der Waals surface area contributed by atoms with E-state index in [1.165, 1.54) is 17.5 Å². The number of thiazole rings is 1. The average Bonchev–Trinajstić information content (AvgIpc) is 2.13. The van der Waals surface area contributed by atoms with Gasteiger partial charge in [-0.05, 0) is 6.92 Å². The zero-order valence-corrected chi connectivity index (χ0v) is 6.01. The van der Waals surface area contributed by atoms with Crippen LogP contribution >= 0.6 is 11.3 Å². The molecule has 0 aliphatic heterocycles. The molecule has 1 heterocycles. The van der Waals surface area contributed by atoms with Crippen molar-refractivity contribution in [2.75, 3.05) is 0 Å². The minimum atomic E-state index is -1.30. The summed E-state index contributed by atoms with van der Waals surface area (Å²) in [7, 11) is 0. The summed E-state index contributed by atoms with van der Waals surface area (Å²) in [5.41, 5.74) is 0. The molecule has 0 aromatic carbocycles. The molecular weight excluding hydrogens is 154 g/mol. The van der Waals surface area contributed by atoms with E-state index in [0.29, 0.717) is 5.06 Å². The average molecular weight is 159 g/mol. The third-order valence-electron chi connectivity index (χ3n) is 0.788. The van der Waals surface area contributed by atoms with E-state index in [1.807, 2.05) is 0 Å². The van der Waals surface area contributed by atoms with Crippen molar-refractivity contribution >= 4 is 17.5 Å². The number of aromatic nitrogens is 1. The van der Waals surface area contributed by atoms with Crippen LogP contribution in [0.5, 0.6) is 5.06 Å². The monoisotopic (exact) mass is 159 g/mol. The number of nitrogens with zero attached hydrogens (tertiary/aromatic N) is 1. The lowest BCUT2D eigenvalue weighted by molar-refractivity contribution is 0.146. The van der Waals surface area contributed by atoms with Crippen molar-refractivity contribution in [2.24, 2.45) is 0 Å². The Morgan fingerprint density at radius 3 is 3.00 bits per heavy atom. The van der Waals surface area contributed by atoms with Crippen molar-refractivity contribution in [3.05, 3.63) is 11.2 Å². The molecule has 0 spiro atoms. The molecule has 0 unspecified atom stereocenters. The van der Waals surface area contributed by atoms with E-state index in [-0.39, 0.29) is 0 Å². The Hall–Kier alpha value is -1.10. The molecule has 0 saturated carbocycles. The van der Waals surface area contributed by atoms with Crippen LogP contribution < -0.4 is 4.74 Å². The van der Waals surface area contributed by atoms with Crippen LogP contribution in [0.25, 0.3) is 0 Å². The predicted molar refractivity (Wildman–Crippen MR) is 35.5 cm³/mol. The second-order valence-electron chi connectivity index (χ2n) is 1.57. The lowest BCUT2D eigenvalue weighted by Gasteiger charge is -1.89. The number of carboxylic acid groups (broad SMARTS) is 1. The third kappa shape index (κ3) is 1.70. The normalized spacial score (nSPS) is 9.30. The summed E-state index contributed by atoms with van der Waals surface area (Å²) in [4.78, 5) is 13.7. The van der Waals surface area contributed by atoms with E-state index in [2.05, 4.69) is 9.72 Å². The van der Waals surface area contributed by atoms with Crippen LogP contribution in [-0.4, -0.2) is 16.2 Å². The minimum Gasteiger partial charge on any atom is -0.449 e. The van der Waals surface area contributed by atoms with Crippen molar-refractivity contribution in [1.29, 1.82) is 0 Å². The van der Waals surface area contributed by atoms with Crippen LogP contribution in [0.1, 0.15) is 5.01 Å². The van der Waals surface area contributed by atoms with Gasteiger partial charge in [0.15, 0.2) is 0 Å². The SMILES string of the molecule is Cc1ncc(OC(=O)O)s1. The molecule has 1 rings (SSSR count). The van der Waals surface area contributed by atoms with Crippen LogP contribution in [0, 0.1) is 6.92 Å². The zero-order valence-electron chi connectivity index (χ0n) is 5.20. The molecule has 0 aliphatic carbocycles. The highest BCUT2D eigenvalue weighted by molar-refractivity contribution is 7.13. The molecule has 54 valence electrons. The van der Waals surface area contributed by atoms with Crippen LogP contribution in [0.15, 0.2) is 6.20 Å². The zero-order chi connectivity index (χ0) is 7.56. The maximum Gasteiger partial charge on any atom is 0.512 e. The van der Waals surface area contributed by atoms with Crippen LogP contribution in [-0.2, 0) is 0 Å². The summed E-state index contributed by atoms with van der Waals surface area (Å²) in [6.45, 7) is 1.78. The smallest absolute Gasteiger partial charge is 0.449 e. The number of carbonyl (C=O) groups is 1. The first-order chi connectivity index (χ1) is 4.68. The summed E-state index contributed by atoms with van der Waals surface area (Å²) < 4.78 is 4.31. The summed E-state index contributed by atoms with van der Waals surface area (Å²) in [5, 5.41) is 9.23. The molecule has 0 radical (unpaired) electrons. The molecule has 0 aliphatic rings. The number of ether oxygens (including phenoxy) is 1. The Bertz CT molecular complexity index is 245. The van der Waals surface area contributed by atoms with Crippen molar-refractivity contribution < 1.29 is 14.6 Å². The van der Waals surface area contributed by atoms with Gasteiger partial charge in [-0.1, -0.05) is 11.3 Å². The van der Waals surface area contributed by atoms with Crippen LogP contribution in [0.4, 0.5) is 4.79 Å². The van der Waals surface area contributed by atoms with E-state index in [0.717, 1.165) is 5.01 Å². The Morgan fingerprint density at radius 1 is 1.90 bits per heavy atom. The number of hydrogen-bond donors (Lipinski definition) is 1. The van der Waals surface area contributed by atoms with Gasteiger partial charge < -0.3 is 9.84 Å². The van der Waals surface area contributed by atoms with Crippen molar-refractivity contribution in [1.82, 2.24) is 4.98 Å². The summed E-state index contributed by atoms with van der Waals surface area (Å²) in [6, 6.07) is 0. The third-order valence-corrected chi connectivity index (χ3v) is 1.58. The predicted octanol–water partition coefficient (Wildman–Crippen LogP) is 1.51. The number of hydrogen-bond acceptors (Lipinski definition) is 4. The highest BCUT2D eigenvalue weighted by Gasteiger charge is 2.02. The topological polar surface area (TPSA) is 59.4 Å². The van der Waals surface area contributed by atoms with Crippen LogP contribution in [0.2, 0.25) is 0 Å². The molecule has 0 fully saturated rings. The van der Waals surface area contributed by atoms with Crippen molar-refractivity contribution in [3.63, 3.8) is 0 Å². The van der Waals surface area contributed by atoms with E-state index in [1.54, 1.807) is 6.92 Å². The maximum atomic E-state index is 9.93. The highest BCUT2D eigenvalue weighted by atomic mass is 32.1. The molecular formula is C5H5NO3S. The lowest BCUT2D eigenvalue weighted by atomic mass is 10.8. The molecule has 5 heteroatoms. The van der Waals surface area contributed by atoms with Gasteiger partial charge in [0.1, 0.15) is 0 Å². The molecule has 1 N–H and O–H groups in total. The number of rotatable bonds is 1. The quantitative estimate of drug-likeness (QED) is 0.631. The fourth-order valence-corrected chi connectivity index (χ4v) is 1.09. The van der Waals surface area contributed by atoms with Crippen LogP contribution in [0.3, 0.4) is 0 Å². The fraction of sp³-hybridized carbons (Fsp3) is 0.200. The summed E-state index contributed by atoms with van der Waals surface area (Å²) >= 11 is 1.20. The molecule has 0 amide bonds. The first kappa shape index (κ1) is 7.01. The second kappa shape index (κ2) is 2.66. The van der Waals surface area contributed by atoms with Crippen molar-refractivity contribution in [2.45, 2.75) is 6.92 Å². The molecule has 4 nitrogen and oxygen atoms in total. The van der Waals surface area contributed by atoms with E-state index >= 15 is 0 Å². The lowest BCUT2D eigenvalue weighted by Crippen LogP contribution is -2.00. The minimum absolute atomic E-state index is 0.310. The van der Waals surface area contributed by atoms with Crippen molar-refractivity contribution in [3.8, 4) is 5.06 Å². The number of aryl methyl sites for hydroxylation is 1. The Balaban J connectivity index is 2.67. The molecule has 0 bridgehead atoms. The Kier molecular flexibility index (Phi) is 1.86. The second-order valence-corrected chi connectivity index (χ2v) is 2.76. The van der Waals surface area contributed by atoms with Gasteiger partial charge in [-0.2, -0.15) is 0 Å². The van der Waals surface area contributed by atoms with E-state index < -0.39 is 6.16 Å².